The van der Waals surface area contributed by atoms with Crippen LogP contribution in [-0.2, 0) is 16.1 Å². The topological polar surface area (TPSA) is 47.9 Å². The summed E-state index contributed by atoms with van der Waals surface area (Å²) >= 11 is 0. The molecule has 29 heavy (non-hydrogen) atoms. The molecule has 0 N–H and O–H groups in total. The van der Waals surface area contributed by atoms with Crippen molar-refractivity contribution in [2.24, 2.45) is 4.99 Å². The van der Waals surface area contributed by atoms with Gasteiger partial charge >= 0.3 is 5.97 Å². The lowest BCUT2D eigenvalue weighted by Crippen LogP contribution is -2.06. The molecule has 0 saturated carbocycles. The van der Waals surface area contributed by atoms with Gasteiger partial charge in [-0.05, 0) is 48.4 Å². The van der Waals surface area contributed by atoms with Crippen LogP contribution in [-0.4, -0.2) is 11.9 Å². The lowest BCUT2D eigenvalue weighted by Gasteiger charge is -2.07. The highest BCUT2D eigenvalue weighted by molar-refractivity contribution is 6.13. The highest BCUT2D eigenvalue weighted by Gasteiger charge is 2.24. The zero-order valence-electron chi connectivity index (χ0n) is 15.8. The van der Waals surface area contributed by atoms with Crippen molar-refractivity contribution >= 4 is 17.9 Å². The minimum atomic E-state index is -0.499. The lowest BCUT2D eigenvalue weighted by atomic mass is 10.1. The largest absolute Gasteiger partial charge is 0.489 e. The van der Waals surface area contributed by atoms with Crippen molar-refractivity contribution in [2.45, 2.75) is 13.5 Å². The molecule has 0 saturated heterocycles. The number of halogens is 1. The van der Waals surface area contributed by atoms with Crippen molar-refractivity contribution in [1.82, 2.24) is 0 Å². The molecule has 0 atom stereocenters. The monoisotopic (exact) mass is 387 g/mol. The molecule has 0 fully saturated rings. The number of benzene rings is 3. The van der Waals surface area contributed by atoms with Crippen LogP contribution in [0.5, 0.6) is 5.75 Å². The first-order valence-corrected chi connectivity index (χ1v) is 9.15. The second kappa shape index (κ2) is 8.10. The van der Waals surface area contributed by atoms with Crippen LogP contribution < -0.4 is 4.74 Å². The molecule has 4 rings (SSSR count). The van der Waals surface area contributed by atoms with E-state index in [1.165, 1.54) is 6.07 Å². The van der Waals surface area contributed by atoms with Crippen LogP contribution in [0.3, 0.4) is 0 Å². The molecule has 0 bridgehead atoms. The third-order valence-electron chi connectivity index (χ3n) is 4.51. The number of carbonyl (C=O) groups is 1. The van der Waals surface area contributed by atoms with Gasteiger partial charge in [0.05, 0.1) is 0 Å². The molecular weight excluding hydrogens is 369 g/mol. The number of aliphatic imine (C=N–C) groups is 1. The molecular formula is C24H18FNO3. The Kier molecular flexibility index (Phi) is 5.20. The van der Waals surface area contributed by atoms with E-state index in [9.17, 15) is 9.18 Å². The quantitative estimate of drug-likeness (QED) is 0.454. The average molecular weight is 387 g/mol. The van der Waals surface area contributed by atoms with Gasteiger partial charge in [0.15, 0.2) is 5.70 Å². The van der Waals surface area contributed by atoms with Crippen molar-refractivity contribution in [3.05, 3.63) is 107 Å². The molecule has 1 aliphatic rings. The Morgan fingerprint density at radius 1 is 1.03 bits per heavy atom. The number of carbonyl (C=O) groups excluding carboxylic acids is 1. The van der Waals surface area contributed by atoms with Gasteiger partial charge in [-0.3, -0.25) is 0 Å². The molecule has 1 heterocycles. The van der Waals surface area contributed by atoms with Crippen LogP contribution in [0.2, 0.25) is 0 Å². The molecule has 1 aliphatic heterocycles. The number of aryl methyl sites for hydroxylation is 1. The average Bonchev–Trinajstić information content (AvgIpc) is 3.08. The Hall–Kier alpha value is -3.73. The number of nitrogens with zero attached hydrogens (tertiary/aromatic N) is 1. The summed E-state index contributed by atoms with van der Waals surface area (Å²) in [7, 11) is 0. The maximum Gasteiger partial charge on any atom is 0.363 e. The number of cyclic esters (lactones) is 1. The second-order valence-corrected chi connectivity index (χ2v) is 6.60. The molecule has 144 valence electrons. The van der Waals surface area contributed by atoms with Gasteiger partial charge in [-0.25, -0.2) is 14.2 Å². The van der Waals surface area contributed by atoms with Gasteiger partial charge in [-0.1, -0.05) is 48.5 Å². The minimum Gasteiger partial charge on any atom is -0.489 e. The molecule has 0 spiro atoms. The van der Waals surface area contributed by atoms with Crippen molar-refractivity contribution in [2.75, 3.05) is 0 Å². The van der Waals surface area contributed by atoms with E-state index in [2.05, 4.69) is 4.99 Å². The van der Waals surface area contributed by atoms with Crippen molar-refractivity contribution in [3.8, 4) is 5.75 Å². The third kappa shape index (κ3) is 4.24. The zero-order valence-corrected chi connectivity index (χ0v) is 15.8. The van der Waals surface area contributed by atoms with E-state index in [4.69, 9.17) is 9.47 Å². The van der Waals surface area contributed by atoms with Crippen molar-refractivity contribution in [1.29, 1.82) is 0 Å². The van der Waals surface area contributed by atoms with E-state index in [1.54, 1.807) is 42.5 Å². The van der Waals surface area contributed by atoms with Gasteiger partial charge in [0.2, 0.25) is 5.90 Å². The summed E-state index contributed by atoms with van der Waals surface area (Å²) in [5.74, 6) is 0.0573. The summed E-state index contributed by atoms with van der Waals surface area (Å²) in [6, 6.07) is 21.2. The maximum atomic E-state index is 13.7. The van der Waals surface area contributed by atoms with E-state index in [-0.39, 0.29) is 18.1 Å². The zero-order chi connectivity index (χ0) is 20.2. The maximum absolute atomic E-state index is 13.7. The van der Waals surface area contributed by atoms with Crippen LogP contribution in [0, 0.1) is 12.7 Å². The molecule has 3 aromatic rings. The molecule has 3 aromatic carbocycles. The highest BCUT2D eigenvalue weighted by Crippen LogP contribution is 2.23. The van der Waals surface area contributed by atoms with Crippen LogP contribution in [0.4, 0.5) is 4.39 Å². The van der Waals surface area contributed by atoms with E-state index < -0.39 is 5.97 Å². The van der Waals surface area contributed by atoms with Crippen LogP contribution >= 0.6 is 0 Å². The number of ether oxygens (including phenoxy) is 2. The SMILES string of the molecule is Cc1ccccc1C1=N/C(=C\c2cccc(OCc3ccccc3F)c2)C(=O)O1. The molecule has 0 aliphatic carbocycles. The first kappa shape index (κ1) is 18.6. The van der Waals surface area contributed by atoms with Gasteiger partial charge in [0, 0.05) is 11.1 Å². The Morgan fingerprint density at radius 2 is 1.83 bits per heavy atom. The Bertz CT molecular complexity index is 1130. The fraction of sp³-hybridized carbons (Fsp3) is 0.0833. The summed E-state index contributed by atoms with van der Waals surface area (Å²) in [5.41, 5.74) is 3.19. The van der Waals surface area contributed by atoms with Gasteiger partial charge in [0.25, 0.3) is 0 Å². The first-order valence-electron chi connectivity index (χ1n) is 9.15. The highest BCUT2D eigenvalue weighted by atomic mass is 19.1. The van der Waals surface area contributed by atoms with Gasteiger partial charge in [0.1, 0.15) is 18.2 Å². The van der Waals surface area contributed by atoms with E-state index in [0.29, 0.717) is 17.2 Å². The summed E-state index contributed by atoms with van der Waals surface area (Å²) in [6.45, 7) is 2.05. The summed E-state index contributed by atoms with van der Waals surface area (Å²) in [5, 5.41) is 0. The number of hydrogen-bond donors (Lipinski definition) is 0. The predicted molar refractivity (Wildman–Crippen MR) is 109 cm³/mol. The van der Waals surface area contributed by atoms with Crippen LogP contribution in [0.15, 0.2) is 83.5 Å². The van der Waals surface area contributed by atoms with Gasteiger partial charge in [-0.2, -0.15) is 0 Å². The van der Waals surface area contributed by atoms with Gasteiger partial charge < -0.3 is 9.47 Å². The molecule has 0 amide bonds. The Labute approximate surface area is 167 Å². The van der Waals surface area contributed by atoms with Crippen molar-refractivity contribution in [3.63, 3.8) is 0 Å². The molecule has 0 radical (unpaired) electrons. The first-order chi connectivity index (χ1) is 14.1. The third-order valence-corrected chi connectivity index (χ3v) is 4.51. The summed E-state index contributed by atoms with van der Waals surface area (Å²) in [4.78, 5) is 16.6. The standard InChI is InChI=1S/C24H18FNO3/c1-16-7-2-4-11-20(16)23-26-22(24(27)29-23)14-17-8-6-10-19(13-17)28-15-18-9-3-5-12-21(18)25/h2-14H,15H2,1H3/b22-14-. The number of hydrogen-bond acceptors (Lipinski definition) is 4. The smallest absolute Gasteiger partial charge is 0.363 e. The fourth-order valence-corrected chi connectivity index (χ4v) is 2.97. The summed E-state index contributed by atoms with van der Waals surface area (Å²) in [6.07, 6.45) is 1.64. The molecule has 4 nitrogen and oxygen atoms in total. The number of rotatable bonds is 5. The molecule has 5 heteroatoms. The van der Waals surface area contributed by atoms with E-state index >= 15 is 0 Å². The van der Waals surface area contributed by atoms with Crippen molar-refractivity contribution < 1.29 is 18.7 Å². The lowest BCUT2D eigenvalue weighted by molar-refractivity contribution is -0.129. The second-order valence-electron chi connectivity index (χ2n) is 6.60. The molecule has 0 unspecified atom stereocenters. The van der Waals surface area contributed by atoms with E-state index in [0.717, 1.165) is 16.7 Å². The normalized spacial score (nSPS) is 14.6. The Balaban J connectivity index is 1.54. The predicted octanol–water partition coefficient (Wildman–Crippen LogP) is 5.06. The van der Waals surface area contributed by atoms with E-state index in [1.807, 2.05) is 37.3 Å². The minimum absolute atomic E-state index is 0.115. The summed E-state index contributed by atoms with van der Waals surface area (Å²) < 4.78 is 24.8. The molecule has 0 aromatic heterocycles. The van der Waals surface area contributed by atoms with Crippen LogP contribution in [0.25, 0.3) is 6.08 Å². The number of esters is 1. The fourth-order valence-electron chi connectivity index (χ4n) is 2.97. The van der Waals surface area contributed by atoms with Crippen LogP contribution in [0.1, 0.15) is 22.3 Å². The Morgan fingerprint density at radius 3 is 2.66 bits per heavy atom. The van der Waals surface area contributed by atoms with Gasteiger partial charge in [-0.15, -0.1) is 0 Å².